The van der Waals surface area contributed by atoms with E-state index in [9.17, 15) is 12.8 Å². The Bertz CT molecular complexity index is 760. The Kier molecular flexibility index (Phi) is 4.02. The average Bonchev–Trinajstić information content (AvgIpc) is 2.66. The van der Waals surface area contributed by atoms with E-state index in [0.29, 0.717) is 16.7 Å². The lowest BCUT2D eigenvalue weighted by atomic mass is 10.1. The second-order valence-corrected chi connectivity index (χ2v) is 6.47. The fourth-order valence-electron chi connectivity index (χ4n) is 2.27. The van der Waals surface area contributed by atoms with Gasteiger partial charge in [-0.15, -0.1) is 0 Å². The van der Waals surface area contributed by atoms with E-state index in [4.69, 9.17) is 5.73 Å². The third-order valence-electron chi connectivity index (χ3n) is 3.05. The molecule has 2 rings (SSSR count). The fourth-order valence-corrected chi connectivity index (χ4v) is 3.77. The van der Waals surface area contributed by atoms with Gasteiger partial charge in [-0.05, 0) is 37.1 Å². The highest BCUT2D eigenvalue weighted by molar-refractivity contribution is 7.92. The molecule has 0 unspecified atom stereocenters. The molecule has 114 valence electrons. The average molecular weight is 312 g/mol. The van der Waals surface area contributed by atoms with Crippen molar-refractivity contribution in [2.45, 2.75) is 25.3 Å². The minimum Gasteiger partial charge on any atom is -0.326 e. The van der Waals surface area contributed by atoms with Gasteiger partial charge >= 0.3 is 0 Å². The van der Waals surface area contributed by atoms with Crippen LogP contribution in [0.3, 0.4) is 0 Å². The molecule has 0 radical (unpaired) electrons. The second-order valence-electron chi connectivity index (χ2n) is 4.85. The smallest absolute Gasteiger partial charge is 0.263 e. The van der Waals surface area contributed by atoms with E-state index >= 15 is 0 Å². The number of nitrogens with two attached hydrogens (primary N) is 1. The summed E-state index contributed by atoms with van der Waals surface area (Å²) in [6, 6.07) is 2.37. The van der Waals surface area contributed by atoms with Crippen LogP contribution < -0.4 is 10.5 Å². The van der Waals surface area contributed by atoms with E-state index in [1.807, 2.05) is 0 Å². The van der Waals surface area contributed by atoms with Crippen molar-refractivity contribution in [1.82, 2.24) is 9.78 Å². The molecule has 21 heavy (non-hydrogen) atoms. The molecule has 0 saturated carbocycles. The van der Waals surface area contributed by atoms with Crippen LogP contribution in [0.2, 0.25) is 0 Å². The Balaban J connectivity index is 2.48. The predicted molar refractivity (Wildman–Crippen MR) is 77.8 cm³/mol. The summed E-state index contributed by atoms with van der Waals surface area (Å²) < 4.78 is 42.2. The van der Waals surface area contributed by atoms with Crippen molar-refractivity contribution in [3.05, 3.63) is 40.8 Å². The van der Waals surface area contributed by atoms with Gasteiger partial charge in [0.15, 0.2) is 5.82 Å². The molecule has 0 aliphatic carbocycles. The van der Waals surface area contributed by atoms with E-state index in [0.717, 1.165) is 0 Å². The number of sulfonamides is 1. The standard InChI is InChI=1S/C13H17FN4O2S/c1-8-4-11(14)5-9(2)12(8)21(19,20)17-13-10(6-15)7-18(3)16-13/h4-5,7H,6,15H2,1-3H3,(H,16,17). The molecule has 2 aromatic rings. The van der Waals surface area contributed by atoms with Crippen LogP contribution in [0, 0.1) is 19.7 Å². The quantitative estimate of drug-likeness (QED) is 0.894. The molecule has 0 spiro atoms. The molecule has 1 heterocycles. The molecule has 0 fully saturated rings. The number of benzene rings is 1. The highest BCUT2D eigenvalue weighted by atomic mass is 32.2. The minimum atomic E-state index is -3.86. The lowest BCUT2D eigenvalue weighted by Gasteiger charge is -2.12. The first-order chi connectivity index (χ1) is 9.74. The van der Waals surface area contributed by atoms with Gasteiger partial charge in [0.1, 0.15) is 5.82 Å². The Labute approximate surface area is 122 Å². The van der Waals surface area contributed by atoms with Crippen molar-refractivity contribution in [1.29, 1.82) is 0 Å². The van der Waals surface area contributed by atoms with Crippen molar-refractivity contribution in [2.75, 3.05) is 4.72 Å². The van der Waals surface area contributed by atoms with E-state index in [2.05, 4.69) is 9.82 Å². The Morgan fingerprint density at radius 1 is 1.33 bits per heavy atom. The molecular formula is C13H17FN4O2S. The molecule has 1 aromatic heterocycles. The highest BCUT2D eigenvalue weighted by Gasteiger charge is 2.22. The van der Waals surface area contributed by atoms with Gasteiger partial charge in [-0.25, -0.2) is 12.8 Å². The van der Waals surface area contributed by atoms with Gasteiger partial charge in [0.05, 0.1) is 4.90 Å². The van der Waals surface area contributed by atoms with Gasteiger partial charge in [0.2, 0.25) is 0 Å². The van der Waals surface area contributed by atoms with Crippen LogP contribution in [0.1, 0.15) is 16.7 Å². The van der Waals surface area contributed by atoms with E-state index < -0.39 is 15.8 Å². The van der Waals surface area contributed by atoms with Gasteiger partial charge < -0.3 is 5.73 Å². The number of anilines is 1. The summed E-state index contributed by atoms with van der Waals surface area (Å²) in [7, 11) is -2.19. The summed E-state index contributed by atoms with van der Waals surface area (Å²) >= 11 is 0. The SMILES string of the molecule is Cc1cc(F)cc(C)c1S(=O)(=O)Nc1nn(C)cc1CN. The van der Waals surface area contributed by atoms with Crippen LogP contribution in [0.25, 0.3) is 0 Å². The van der Waals surface area contributed by atoms with Crippen LogP contribution in [0.4, 0.5) is 10.2 Å². The number of nitrogens with one attached hydrogen (secondary N) is 1. The number of hydrogen-bond acceptors (Lipinski definition) is 4. The summed E-state index contributed by atoms with van der Waals surface area (Å²) in [6.07, 6.45) is 1.64. The summed E-state index contributed by atoms with van der Waals surface area (Å²) in [6.45, 7) is 3.26. The lowest BCUT2D eigenvalue weighted by Crippen LogP contribution is -2.17. The van der Waals surface area contributed by atoms with Crippen LogP contribution >= 0.6 is 0 Å². The number of aryl methyl sites for hydroxylation is 3. The van der Waals surface area contributed by atoms with Gasteiger partial charge in [-0.1, -0.05) is 0 Å². The summed E-state index contributed by atoms with van der Waals surface area (Å²) in [5.41, 5.74) is 6.82. The topological polar surface area (TPSA) is 90.0 Å². The Morgan fingerprint density at radius 2 is 1.90 bits per heavy atom. The number of hydrogen-bond donors (Lipinski definition) is 2. The van der Waals surface area contributed by atoms with Gasteiger partial charge in [-0.3, -0.25) is 9.40 Å². The van der Waals surface area contributed by atoms with Gasteiger partial charge in [-0.2, -0.15) is 5.10 Å². The molecule has 0 aliphatic heterocycles. The normalized spacial score (nSPS) is 11.7. The number of rotatable bonds is 4. The van der Waals surface area contributed by atoms with Crippen LogP contribution in [0.5, 0.6) is 0 Å². The summed E-state index contributed by atoms with van der Waals surface area (Å²) in [5, 5.41) is 4.04. The summed E-state index contributed by atoms with van der Waals surface area (Å²) in [4.78, 5) is 0.0533. The third kappa shape index (κ3) is 3.06. The first-order valence-electron chi connectivity index (χ1n) is 6.26. The van der Waals surface area contributed by atoms with Gasteiger partial charge in [0, 0.05) is 25.4 Å². The number of aromatic nitrogens is 2. The first kappa shape index (κ1) is 15.5. The maximum absolute atomic E-state index is 13.3. The molecule has 0 bridgehead atoms. The molecule has 8 heteroatoms. The maximum atomic E-state index is 13.3. The summed E-state index contributed by atoms with van der Waals surface area (Å²) in [5.74, 6) is -0.285. The highest BCUT2D eigenvalue weighted by Crippen LogP contribution is 2.24. The lowest BCUT2D eigenvalue weighted by molar-refractivity contribution is 0.597. The van der Waals surface area contributed by atoms with Crippen molar-refractivity contribution in [3.63, 3.8) is 0 Å². The molecule has 0 atom stereocenters. The van der Waals surface area contributed by atoms with Crippen molar-refractivity contribution >= 4 is 15.8 Å². The Morgan fingerprint density at radius 3 is 2.43 bits per heavy atom. The molecular weight excluding hydrogens is 295 g/mol. The minimum absolute atomic E-state index is 0.0533. The molecule has 3 N–H and O–H groups in total. The zero-order chi connectivity index (χ0) is 15.8. The molecule has 6 nitrogen and oxygen atoms in total. The van der Waals surface area contributed by atoms with Gasteiger partial charge in [0.25, 0.3) is 10.0 Å². The van der Waals surface area contributed by atoms with Crippen LogP contribution in [-0.4, -0.2) is 18.2 Å². The van der Waals surface area contributed by atoms with Crippen LogP contribution in [-0.2, 0) is 23.6 Å². The monoisotopic (exact) mass is 312 g/mol. The van der Waals surface area contributed by atoms with Crippen LogP contribution in [0.15, 0.2) is 23.2 Å². The second kappa shape index (κ2) is 5.45. The molecule has 0 aliphatic rings. The van der Waals surface area contributed by atoms with E-state index in [1.165, 1.54) is 16.8 Å². The van der Waals surface area contributed by atoms with E-state index in [-0.39, 0.29) is 17.3 Å². The Hall–Kier alpha value is -1.93. The van der Waals surface area contributed by atoms with Crippen molar-refractivity contribution < 1.29 is 12.8 Å². The number of halogens is 1. The predicted octanol–water partition coefficient (Wildman–Crippen LogP) is 1.44. The molecule has 0 amide bonds. The zero-order valence-corrected chi connectivity index (χ0v) is 12.8. The fraction of sp³-hybridized carbons (Fsp3) is 0.308. The third-order valence-corrected chi connectivity index (χ3v) is 4.69. The van der Waals surface area contributed by atoms with Crippen molar-refractivity contribution in [3.8, 4) is 0 Å². The molecule has 1 aromatic carbocycles. The van der Waals surface area contributed by atoms with Crippen molar-refractivity contribution in [2.24, 2.45) is 12.8 Å². The van der Waals surface area contributed by atoms with E-state index in [1.54, 1.807) is 27.1 Å². The zero-order valence-electron chi connectivity index (χ0n) is 12.0. The maximum Gasteiger partial charge on any atom is 0.263 e. The first-order valence-corrected chi connectivity index (χ1v) is 7.75. The largest absolute Gasteiger partial charge is 0.326 e. The molecule has 0 saturated heterocycles. The number of nitrogens with zero attached hydrogens (tertiary/aromatic N) is 2.